The second-order valence-electron chi connectivity index (χ2n) is 6.32. The zero-order valence-electron chi connectivity index (χ0n) is 13.7. The summed E-state index contributed by atoms with van der Waals surface area (Å²) in [5, 5.41) is -0.223. The highest BCUT2D eigenvalue weighted by atomic mass is 35.5. The highest BCUT2D eigenvalue weighted by Crippen LogP contribution is 2.34. The highest BCUT2D eigenvalue weighted by molar-refractivity contribution is 6.22. The predicted molar refractivity (Wildman–Crippen MR) is 91.6 cm³/mol. The predicted octanol–water partition coefficient (Wildman–Crippen LogP) is 5.40. The van der Waals surface area contributed by atoms with Gasteiger partial charge >= 0.3 is 5.97 Å². The van der Waals surface area contributed by atoms with Crippen LogP contribution >= 0.6 is 11.6 Å². The van der Waals surface area contributed by atoms with Crippen molar-refractivity contribution in [2.45, 2.75) is 69.6 Å². The van der Waals surface area contributed by atoms with Crippen molar-refractivity contribution < 1.29 is 9.53 Å². The molecule has 0 aromatic heterocycles. The number of carbonyl (C=O) groups excluding carboxylic acids is 1. The Morgan fingerprint density at radius 3 is 2.45 bits per heavy atom. The van der Waals surface area contributed by atoms with Crippen molar-refractivity contribution in [3.05, 3.63) is 35.4 Å². The Hall–Kier alpha value is -1.02. The average Bonchev–Trinajstić information content (AvgIpc) is 2.55. The second kappa shape index (κ2) is 8.57. The molecule has 1 aromatic rings. The second-order valence-corrected chi connectivity index (χ2v) is 6.88. The summed E-state index contributed by atoms with van der Waals surface area (Å²) in [6.07, 6.45) is 6.98. The maximum Gasteiger partial charge on any atom is 0.307 e. The van der Waals surface area contributed by atoms with Gasteiger partial charge in [0.05, 0.1) is 18.4 Å². The first-order valence-electron chi connectivity index (χ1n) is 8.51. The van der Waals surface area contributed by atoms with E-state index in [9.17, 15) is 4.79 Å². The number of hydrogen-bond donors (Lipinski definition) is 0. The highest BCUT2D eigenvalue weighted by Gasteiger charge is 2.21. The fraction of sp³-hybridized carbons (Fsp3) is 0.632. The third-order valence-corrected chi connectivity index (χ3v) is 5.28. The Bertz CT molecular complexity index is 463. The number of rotatable bonds is 6. The molecule has 3 heteroatoms. The summed E-state index contributed by atoms with van der Waals surface area (Å²) in [4.78, 5) is 11.5. The molecule has 1 aliphatic carbocycles. The van der Waals surface area contributed by atoms with Crippen LogP contribution in [0.3, 0.4) is 0 Å². The van der Waals surface area contributed by atoms with Crippen LogP contribution in [-0.2, 0) is 9.53 Å². The summed E-state index contributed by atoms with van der Waals surface area (Å²) in [5.41, 5.74) is 2.65. The Labute approximate surface area is 139 Å². The maximum atomic E-state index is 11.5. The van der Waals surface area contributed by atoms with E-state index in [4.69, 9.17) is 16.3 Å². The molecule has 0 amide bonds. The molecule has 1 saturated carbocycles. The van der Waals surface area contributed by atoms with Crippen LogP contribution in [0, 0.1) is 0 Å². The number of alkyl halides is 1. The minimum Gasteiger partial charge on any atom is -0.466 e. The van der Waals surface area contributed by atoms with E-state index in [0.29, 0.717) is 6.61 Å². The standard InChI is InChI=1S/C19H27ClO2/c1-3-22-19(21)13-18(20)14(2)15-9-11-17(12-10-15)16-7-5-4-6-8-16/h9-12,14,16,18H,3-8,13H2,1-2H3. The lowest BCUT2D eigenvalue weighted by molar-refractivity contribution is -0.143. The molecule has 0 bridgehead atoms. The molecule has 0 aliphatic heterocycles. The molecule has 0 N–H and O–H groups in total. The van der Waals surface area contributed by atoms with Crippen LogP contribution in [0.1, 0.15) is 75.3 Å². The first-order chi connectivity index (χ1) is 10.6. The van der Waals surface area contributed by atoms with Crippen molar-refractivity contribution in [1.29, 1.82) is 0 Å². The van der Waals surface area contributed by atoms with Crippen LogP contribution in [0.4, 0.5) is 0 Å². The normalized spacial score (nSPS) is 18.7. The van der Waals surface area contributed by atoms with Crippen molar-refractivity contribution in [2.24, 2.45) is 0 Å². The number of halogens is 1. The van der Waals surface area contributed by atoms with Gasteiger partial charge in [-0.15, -0.1) is 11.6 Å². The molecule has 1 aliphatic rings. The van der Waals surface area contributed by atoms with E-state index in [1.807, 2.05) is 6.92 Å². The fourth-order valence-electron chi connectivity index (χ4n) is 3.27. The number of hydrogen-bond acceptors (Lipinski definition) is 2. The van der Waals surface area contributed by atoms with E-state index in [2.05, 4.69) is 31.2 Å². The molecule has 2 nitrogen and oxygen atoms in total. The Kier molecular flexibility index (Phi) is 6.75. The minimum absolute atomic E-state index is 0.145. The third-order valence-electron chi connectivity index (χ3n) is 4.75. The molecular weight excluding hydrogens is 296 g/mol. The van der Waals surface area contributed by atoms with Crippen LogP contribution in [0.25, 0.3) is 0 Å². The van der Waals surface area contributed by atoms with E-state index in [1.165, 1.54) is 43.2 Å². The van der Waals surface area contributed by atoms with Gasteiger partial charge in [-0.05, 0) is 42.7 Å². The van der Waals surface area contributed by atoms with Crippen molar-refractivity contribution >= 4 is 17.6 Å². The van der Waals surface area contributed by atoms with Gasteiger partial charge in [0.15, 0.2) is 0 Å². The summed E-state index contributed by atoms with van der Waals surface area (Å²) in [5.74, 6) is 0.657. The molecule has 2 atom stereocenters. The van der Waals surface area contributed by atoms with Gasteiger partial charge in [-0.25, -0.2) is 0 Å². The molecular formula is C19H27ClO2. The summed E-state index contributed by atoms with van der Waals surface area (Å²) in [7, 11) is 0. The third kappa shape index (κ3) is 4.74. The molecule has 0 heterocycles. The van der Waals surface area contributed by atoms with Crippen molar-refractivity contribution in [3.63, 3.8) is 0 Å². The number of benzene rings is 1. The van der Waals surface area contributed by atoms with E-state index in [-0.39, 0.29) is 23.7 Å². The lowest BCUT2D eigenvalue weighted by Crippen LogP contribution is -2.17. The number of carbonyl (C=O) groups is 1. The van der Waals surface area contributed by atoms with Gasteiger partial charge in [-0.3, -0.25) is 4.79 Å². The summed E-state index contributed by atoms with van der Waals surface area (Å²) >= 11 is 6.38. The molecule has 1 fully saturated rings. The van der Waals surface area contributed by atoms with Gasteiger partial charge in [0.1, 0.15) is 0 Å². The zero-order chi connectivity index (χ0) is 15.9. The molecule has 0 saturated heterocycles. The van der Waals surface area contributed by atoms with Gasteiger partial charge in [0, 0.05) is 0 Å². The van der Waals surface area contributed by atoms with Crippen molar-refractivity contribution in [1.82, 2.24) is 0 Å². The lowest BCUT2D eigenvalue weighted by atomic mass is 9.83. The Morgan fingerprint density at radius 2 is 1.86 bits per heavy atom. The van der Waals surface area contributed by atoms with Gasteiger partial charge in [0.25, 0.3) is 0 Å². The van der Waals surface area contributed by atoms with Gasteiger partial charge < -0.3 is 4.74 Å². The zero-order valence-corrected chi connectivity index (χ0v) is 14.4. The topological polar surface area (TPSA) is 26.3 Å². The first kappa shape index (κ1) is 17.3. The molecule has 2 unspecified atom stereocenters. The minimum atomic E-state index is -0.223. The molecule has 22 heavy (non-hydrogen) atoms. The van der Waals surface area contributed by atoms with Crippen LogP contribution in [0.15, 0.2) is 24.3 Å². The van der Waals surface area contributed by atoms with E-state index in [0.717, 1.165) is 5.92 Å². The van der Waals surface area contributed by atoms with Crippen molar-refractivity contribution in [2.75, 3.05) is 6.61 Å². The molecule has 1 aromatic carbocycles. The van der Waals surface area contributed by atoms with E-state index >= 15 is 0 Å². The first-order valence-corrected chi connectivity index (χ1v) is 8.95. The Balaban J connectivity index is 1.95. The monoisotopic (exact) mass is 322 g/mol. The largest absolute Gasteiger partial charge is 0.466 e. The smallest absolute Gasteiger partial charge is 0.307 e. The van der Waals surface area contributed by atoms with Gasteiger partial charge in [-0.1, -0.05) is 50.5 Å². The van der Waals surface area contributed by atoms with Crippen molar-refractivity contribution in [3.8, 4) is 0 Å². The SMILES string of the molecule is CCOC(=O)CC(Cl)C(C)c1ccc(C2CCCCC2)cc1. The van der Waals surface area contributed by atoms with Crippen LogP contribution in [0.5, 0.6) is 0 Å². The maximum absolute atomic E-state index is 11.5. The van der Waals surface area contributed by atoms with Crippen LogP contribution < -0.4 is 0 Å². The lowest BCUT2D eigenvalue weighted by Gasteiger charge is -2.23. The number of ether oxygens (including phenoxy) is 1. The molecule has 0 spiro atoms. The van der Waals surface area contributed by atoms with Gasteiger partial charge in [-0.2, -0.15) is 0 Å². The summed E-state index contributed by atoms with van der Waals surface area (Å²) in [6, 6.07) is 8.84. The quantitative estimate of drug-likeness (QED) is 0.518. The van der Waals surface area contributed by atoms with E-state index < -0.39 is 0 Å². The summed E-state index contributed by atoms with van der Waals surface area (Å²) in [6.45, 7) is 4.30. The average molecular weight is 323 g/mol. The molecule has 2 rings (SSSR count). The Morgan fingerprint density at radius 1 is 1.23 bits per heavy atom. The number of esters is 1. The molecule has 0 radical (unpaired) electrons. The molecule has 122 valence electrons. The van der Waals surface area contributed by atoms with Crippen LogP contribution in [-0.4, -0.2) is 18.0 Å². The van der Waals surface area contributed by atoms with Crippen LogP contribution in [0.2, 0.25) is 0 Å². The van der Waals surface area contributed by atoms with E-state index in [1.54, 1.807) is 0 Å². The summed E-state index contributed by atoms with van der Waals surface area (Å²) < 4.78 is 4.97. The van der Waals surface area contributed by atoms with Gasteiger partial charge in [0.2, 0.25) is 0 Å². The fourth-order valence-corrected chi connectivity index (χ4v) is 3.54.